The number of aromatic nitrogens is 1. The van der Waals surface area contributed by atoms with Crippen LogP contribution in [0.3, 0.4) is 0 Å². The number of hydrazone groups is 1. The van der Waals surface area contributed by atoms with Gasteiger partial charge in [-0.3, -0.25) is 5.01 Å². The number of anilines is 2. The van der Waals surface area contributed by atoms with Gasteiger partial charge in [0.15, 0.2) is 12.4 Å². The number of hydrogen-bond donors (Lipinski definition) is 1. The summed E-state index contributed by atoms with van der Waals surface area (Å²) in [6.07, 6.45) is 7.94. The quantitative estimate of drug-likeness (QED) is 0.536. The molecule has 1 aliphatic rings. The first-order valence-corrected chi connectivity index (χ1v) is 7.84. The third-order valence-electron chi connectivity index (χ3n) is 4.26. The molecule has 1 N–H and O–H groups in total. The predicted octanol–water partition coefficient (Wildman–Crippen LogP) is 2.07. The van der Waals surface area contributed by atoms with Gasteiger partial charge in [0, 0.05) is 50.1 Å². The Balaban J connectivity index is 1.84. The maximum Gasteiger partial charge on any atom is 0.169 e. The lowest BCUT2D eigenvalue weighted by Gasteiger charge is -2.29. The van der Waals surface area contributed by atoms with Gasteiger partial charge in [-0.2, -0.15) is 5.10 Å². The molecule has 0 saturated heterocycles. The zero-order valence-corrected chi connectivity index (χ0v) is 13.9. The van der Waals surface area contributed by atoms with Crippen LogP contribution in [0.2, 0.25) is 0 Å². The largest absolute Gasteiger partial charge is 0.506 e. The molecule has 0 radical (unpaired) electrons. The Morgan fingerprint density at radius 1 is 1.30 bits per heavy atom. The molecule has 0 spiro atoms. The van der Waals surface area contributed by atoms with Gasteiger partial charge in [0.05, 0.1) is 6.21 Å². The summed E-state index contributed by atoms with van der Waals surface area (Å²) in [5.41, 5.74) is 4.13. The van der Waals surface area contributed by atoms with Crippen LogP contribution in [-0.2, 0) is 13.5 Å². The SMILES string of the molecule is CN1CCCc2cc(N(C)/N=C/c3cc[n+](C)cc3)c(O)cc21. The van der Waals surface area contributed by atoms with Crippen molar-refractivity contribution < 1.29 is 9.67 Å². The maximum atomic E-state index is 10.3. The van der Waals surface area contributed by atoms with Crippen LogP contribution in [-0.4, -0.2) is 32.0 Å². The third-order valence-corrected chi connectivity index (χ3v) is 4.26. The second-order valence-corrected chi connectivity index (χ2v) is 6.06. The summed E-state index contributed by atoms with van der Waals surface area (Å²) < 4.78 is 1.98. The van der Waals surface area contributed by atoms with Crippen molar-refractivity contribution in [3.63, 3.8) is 0 Å². The molecule has 0 atom stereocenters. The molecule has 3 rings (SSSR count). The van der Waals surface area contributed by atoms with E-state index < -0.39 is 0 Å². The minimum absolute atomic E-state index is 0.261. The van der Waals surface area contributed by atoms with Crippen molar-refractivity contribution in [2.24, 2.45) is 12.1 Å². The van der Waals surface area contributed by atoms with Crippen molar-refractivity contribution in [3.05, 3.63) is 47.8 Å². The lowest BCUT2D eigenvalue weighted by molar-refractivity contribution is -0.671. The summed E-state index contributed by atoms with van der Waals surface area (Å²) >= 11 is 0. The van der Waals surface area contributed by atoms with Gasteiger partial charge in [-0.1, -0.05) is 0 Å². The van der Waals surface area contributed by atoms with Crippen molar-refractivity contribution in [2.45, 2.75) is 12.8 Å². The first-order chi connectivity index (χ1) is 11.0. The number of benzene rings is 1. The predicted molar refractivity (Wildman–Crippen MR) is 93.3 cm³/mol. The van der Waals surface area contributed by atoms with E-state index in [9.17, 15) is 5.11 Å². The molecule has 1 aliphatic heterocycles. The molecule has 23 heavy (non-hydrogen) atoms. The summed E-state index contributed by atoms with van der Waals surface area (Å²) in [7, 11) is 5.90. The fourth-order valence-electron chi connectivity index (χ4n) is 2.87. The molecule has 0 saturated carbocycles. The molecule has 2 heterocycles. The van der Waals surface area contributed by atoms with Crippen LogP contribution in [0.1, 0.15) is 17.5 Å². The lowest BCUT2D eigenvalue weighted by Crippen LogP contribution is -2.26. The molecule has 0 fully saturated rings. The molecule has 2 aromatic rings. The second kappa shape index (κ2) is 6.28. The lowest BCUT2D eigenvalue weighted by atomic mass is 10.0. The van der Waals surface area contributed by atoms with Crippen LogP contribution in [0, 0.1) is 0 Å². The van der Waals surface area contributed by atoms with E-state index in [0.717, 1.165) is 36.3 Å². The van der Waals surface area contributed by atoms with Crippen molar-refractivity contribution in [3.8, 4) is 5.75 Å². The van der Waals surface area contributed by atoms with Crippen LogP contribution < -0.4 is 14.5 Å². The Hall–Kier alpha value is -2.56. The highest BCUT2D eigenvalue weighted by atomic mass is 16.3. The molecule has 5 nitrogen and oxygen atoms in total. The number of rotatable bonds is 3. The molecular weight excluding hydrogens is 288 g/mol. The highest BCUT2D eigenvalue weighted by Crippen LogP contribution is 2.37. The van der Waals surface area contributed by atoms with E-state index in [1.165, 1.54) is 5.56 Å². The smallest absolute Gasteiger partial charge is 0.169 e. The van der Waals surface area contributed by atoms with Crippen LogP contribution in [0.5, 0.6) is 5.75 Å². The molecule has 1 aromatic heterocycles. The number of nitrogens with zero attached hydrogens (tertiary/aromatic N) is 4. The van der Waals surface area contributed by atoms with E-state index in [0.29, 0.717) is 0 Å². The number of pyridine rings is 1. The molecule has 5 heteroatoms. The fourth-order valence-corrected chi connectivity index (χ4v) is 2.87. The molecule has 0 amide bonds. The van der Waals surface area contributed by atoms with Gasteiger partial charge < -0.3 is 10.0 Å². The average Bonchev–Trinajstić information content (AvgIpc) is 2.54. The van der Waals surface area contributed by atoms with Crippen molar-refractivity contribution in [1.29, 1.82) is 0 Å². The summed E-state index contributed by atoms with van der Waals surface area (Å²) in [4.78, 5) is 2.19. The van der Waals surface area contributed by atoms with Crippen LogP contribution in [0.4, 0.5) is 11.4 Å². The number of phenols is 1. The van der Waals surface area contributed by atoms with E-state index in [1.54, 1.807) is 11.2 Å². The Bertz CT molecular complexity index is 725. The molecule has 0 unspecified atom stereocenters. The summed E-state index contributed by atoms with van der Waals surface area (Å²) in [5.74, 6) is 0.261. The van der Waals surface area contributed by atoms with Gasteiger partial charge in [0.25, 0.3) is 0 Å². The fraction of sp³-hybridized carbons (Fsp3) is 0.333. The topological polar surface area (TPSA) is 43.0 Å². The standard InChI is InChI=1S/C18H22N4O/c1-20-9-6-14(7-10-20)13-19-22(3)17-11-15-5-4-8-21(2)16(15)12-18(17)23/h6-7,9-13H,4-5,8H2,1-3H3/p+1. The third kappa shape index (κ3) is 3.28. The van der Waals surface area contributed by atoms with Crippen molar-refractivity contribution in [2.75, 3.05) is 30.5 Å². The van der Waals surface area contributed by atoms with Gasteiger partial charge in [-0.05, 0) is 24.5 Å². The van der Waals surface area contributed by atoms with Gasteiger partial charge in [0.2, 0.25) is 0 Å². The van der Waals surface area contributed by atoms with E-state index in [2.05, 4.69) is 17.0 Å². The van der Waals surface area contributed by atoms with Gasteiger partial charge in [-0.15, -0.1) is 0 Å². The van der Waals surface area contributed by atoms with Crippen LogP contribution in [0.25, 0.3) is 0 Å². The van der Waals surface area contributed by atoms with E-state index >= 15 is 0 Å². The Labute approximate surface area is 137 Å². The van der Waals surface area contributed by atoms with Crippen LogP contribution >= 0.6 is 0 Å². The van der Waals surface area contributed by atoms with E-state index in [1.807, 2.05) is 55.3 Å². The summed E-state index contributed by atoms with van der Waals surface area (Å²) in [6.45, 7) is 1.03. The Morgan fingerprint density at radius 3 is 2.78 bits per heavy atom. The highest BCUT2D eigenvalue weighted by molar-refractivity contribution is 5.80. The van der Waals surface area contributed by atoms with Crippen LogP contribution in [0.15, 0.2) is 41.8 Å². The van der Waals surface area contributed by atoms with Crippen molar-refractivity contribution in [1.82, 2.24) is 0 Å². The zero-order chi connectivity index (χ0) is 16.4. The second-order valence-electron chi connectivity index (χ2n) is 6.06. The molecular formula is C18H23N4O+. The molecule has 120 valence electrons. The summed E-state index contributed by atoms with van der Waals surface area (Å²) in [5, 5.41) is 16.5. The van der Waals surface area contributed by atoms with Crippen molar-refractivity contribution >= 4 is 17.6 Å². The first-order valence-electron chi connectivity index (χ1n) is 7.84. The number of fused-ring (bicyclic) bond motifs is 1. The number of phenolic OH excluding ortho intramolecular Hbond substituents is 1. The summed E-state index contributed by atoms with van der Waals surface area (Å²) in [6, 6.07) is 7.89. The van der Waals surface area contributed by atoms with Gasteiger partial charge in [-0.25, -0.2) is 4.57 Å². The van der Waals surface area contributed by atoms with Gasteiger partial charge >= 0.3 is 0 Å². The molecule has 0 bridgehead atoms. The average molecular weight is 311 g/mol. The Morgan fingerprint density at radius 2 is 2.04 bits per heavy atom. The Kier molecular flexibility index (Phi) is 4.19. The molecule has 1 aromatic carbocycles. The maximum absolute atomic E-state index is 10.3. The number of hydrogen-bond acceptors (Lipinski definition) is 4. The minimum atomic E-state index is 0.261. The first kappa shape index (κ1) is 15.3. The molecule has 0 aliphatic carbocycles. The van der Waals surface area contributed by atoms with E-state index in [4.69, 9.17) is 0 Å². The highest BCUT2D eigenvalue weighted by Gasteiger charge is 2.18. The zero-order valence-electron chi connectivity index (χ0n) is 13.9. The normalized spacial score (nSPS) is 14.1. The minimum Gasteiger partial charge on any atom is -0.506 e. The number of aromatic hydroxyl groups is 1. The van der Waals surface area contributed by atoms with E-state index in [-0.39, 0.29) is 5.75 Å². The van der Waals surface area contributed by atoms with Gasteiger partial charge in [0.1, 0.15) is 18.5 Å². The monoisotopic (exact) mass is 311 g/mol. The number of aryl methyl sites for hydroxylation is 2.